The van der Waals surface area contributed by atoms with Crippen LogP contribution >= 0.6 is 0 Å². The molecule has 0 amide bonds. The average molecular weight is 238 g/mol. The van der Waals surface area contributed by atoms with Crippen molar-refractivity contribution < 1.29 is 4.74 Å². The Morgan fingerprint density at radius 2 is 2.53 bits per heavy atom. The van der Waals surface area contributed by atoms with Gasteiger partial charge in [0.15, 0.2) is 5.96 Å². The molecule has 0 spiro atoms. The fourth-order valence-corrected chi connectivity index (χ4v) is 1.74. The summed E-state index contributed by atoms with van der Waals surface area (Å²) in [7, 11) is 0. The van der Waals surface area contributed by atoms with Crippen LogP contribution in [0.5, 0.6) is 0 Å². The summed E-state index contributed by atoms with van der Waals surface area (Å²) in [6.45, 7) is 5.67. The van der Waals surface area contributed by atoms with Crippen LogP contribution in [0.3, 0.4) is 0 Å². The Hall–Kier alpha value is -1.63. The standard InChI is InChI=1S/C10H18N6O/c1-9-6-15(4-5-17-9)10(11)13-2-3-16-8-12-7-14-16/h7-9H,2-6H2,1H3,(H2,11,13). The summed E-state index contributed by atoms with van der Waals surface area (Å²) >= 11 is 0. The molecule has 7 nitrogen and oxygen atoms in total. The Morgan fingerprint density at radius 3 is 3.24 bits per heavy atom. The van der Waals surface area contributed by atoms with E-state index in [2.05, 4.69) is 20.0 Å². The zero-order chi connectivity index (χ0) is 12.1. The van der Waals surface area contributed by atoms with E-state index in [4.69, 9.17) is 10.5 Å². The summed E-state index contributed by atoms with van der Waals surface area (Å²) in [5, 5.41) is 4.00. The van der Waals surface area contributed by atoms with E-state index in [-0.39, 0.29) is 6.10 Å². The molecule has 0 aromatic carbocycles. The van der Waals surface area contributed by atoms with Gasteiger partial charge in [0.25, 0.3) is 0 Å². The number of nitrogens with zero attached hydrogens (tertiary/aromatic N) is 5. The van der Waals surface area contributed by atoms with Crippen molar-refractivity contribution in [2.75, 3.05) is 26.2 Å². The topological polar surface area (TPSA) is 81.6 Å². The van der Waals surface area contributed by atoms with E-state index in [1.54, 1.807) is 11.0 Å². The maximum atomic E-state index is 5.93. The summed E-state index contributed by atoms with van der Waals surface area (Å²) < 4.78 is 7.18. The van der Waals surface area contributed by atoms with Gasteiger partial charge in [-0.25, -0.2) is 4.98 Å². The van der Waals surface area contributed by atoms with Crippen LogP contribution in [0, 0.1) is 0 Å². The molecule has 1 atom stereocenters. The SMILES string of the molecule is CC1CN(C(N)=NCCn2cncn2)CCO1. The number of hydrogen-bond acceptors (Lipinski definition) is 4. The second-order valence-corrected chi connectivity index (χ2v) is 4.03. The van der Waals surface area contributed by atoms with Gasteiger partial charge < -0.3 is 15.4 Å². The Bertz CT molecular complexity index is 363. The number of ether oxygens (including phenoxy) is 1. The monoisotopic (exact) mass is 238 g/mol. The molecule has 0 aliphatic carbocycles. The predicted octanol–water partition coefficient (Wildman–Crippen LogP) is -0.686. The summed E-state index contributed by atoms with van der Waals surface area (Å²) in [6, 6.07) is 0. The lowest BCUT2D eigenvalue weighted by Crippen LogP contribution is -2.48. The van der Waals surface area contributed by atoms with E-state index in [0.29, 0.717) is 25.7 Å². The minimum Gasteiger partial charge on any atom is -0.375 e. The van der Waals surface area contributed by atoms with Crippen molar-refractivity contribution in [3.05, 3.63) is 12.7 Å². The van der Waals surface area contributed by atoms with Gasteiger partial charge in [-0.2, -0.15) is 5.10 Å². The van der Waals surface area contributed by atoms with Gasteiger partial charge in [-0.3, -0.25) is 9.67 Å². The van der Waals surface area contributed by atoms with Crippen molar-refractivity contribution in [3.63, 3.8) is 0 Å². The lowest BCUT2D eigenvalue weighted by atomic mass is 10.3. The molecule has 2 N–H and O–H groups in total. The smallest absolute Gasteiger partial charge is 0.191 e. The molecule has 94 valence electrons. The molecule has 0 bridgehead atoms. The van der Waals surface area contributed by atoms with Gasteiger partial charge in [-0.1, -0.05) is 0 Å². The van der Waals surface area contributed by atoms with E-state index >= 15 is 0 Å². The third kappa shape index (κ3) is 3.42. The fraction of sp³-hybridized carbons (Fsp3) is 0.700. The first-order chi connectivity index (χ1) is 8.25. The molecule has 0 radical (unpaired) electrons. The molecule has 1 saturated heterocycles. The van der Waals surface area contributed by atoms with Crippen molar-refractivity contribution in [1.82, 2.24) is 19.7 Å². The van der Waals surface area contributed by atoms with E-state index < -0.39 is 0 Å². The second kappa shape index (κ2) is 5.62. The van der Waals surface area contributed by atoms with Crippen LogP contribution in [0.25, 0.3) is 0 Å². The van der Waals surface area contributed by atoms with Gasteiger partial charge in [-0.05, 0) is 6.92 Å². The molecule has 7 heteroatoms. The minimum absolute atomic E-state index is 0.216. The number of guanidine groups is 1. The van der Waals surface area contributed by atoms with Gasteiger partial charge in [0.05, 0.1) is 25.8 Å². The first-order valence-electron chi connectivity index (χ1n) is 5.74. The van der Waals surface area contributed by atoms with Gasteiger partial charge in [-0.15, -0.1) is 0 Å². The zero-order valence-electron chi connectivity index (χ0n) is 9.99. The van der Waals surface area contributed by atoms with Crippen molar-refractivity contribution in [2.24, 2.45) is 10.7 Å². The number of hydrogen-bond donors (Lipinski definition) is 1. The summed E-state index contributed by atoms with van der Waals surface area (Å²) in [5.74, 6) is 0.584. The molecule has 1 unspecified atom stereocenters. The molecular weight excluding hydrogens is 220 g/mol. The van der Waals surface area contributed by atoms with Crippen LogP contribution in [0.4, 0.5) is 0 Å². The quantitative estimate of drug-likeness (QED) is 0.557. The molecule has 17 heavy (non-hydrogen) atoms. The molecule has 1 fully saturated rings. The number of aromatic nitrogens is 3. The highest BCUT2D eigenvalue weighted by molar-refractivity contribution is 5.78. The Kier molecular flexibility index (Phi) is 3.92. The van der Waals surface area contributed by atoms with Crippen molar-refractivity contribution in [2.45, 2.75) is 19.6 Å². The second-order valence-electron chi connectivity index (χ2n) is 4.03. The lowest BCUT2D eigenvalue weighted by molar-refractivity contribution is 0.00529. The molecular formula is C10H18N6O. The van der Waals surface area contributed by atoms with Crippen molar-refractivity contribution in [1.29, 1.82) is 0 Å². The van der Waals surface area contributed by atoms with Crippen LogP contribution in [-0.4, -0.2) is 58.0 Å². The van der Waals surface area contributed by atoms with Gasteiger partial charge in [0.2, 0.25) is 0 Å². The summed E-state index contributed by atoms with van der Waals surface area (Å²) in [4.78, 5) is 10.2. The van der Waals surface area contributed by atoms with E-state index in [1.807, 2.05) is 6.92 Å². The largest absolute Gasteiger partial charge is 0.375 e. The van der Waals surface area contributed by atoms with Gasteiger partial charge in [0.1, 0.15) is 12.7 Å². The molecule has 2 rings (SSSR count). The lowest BCUT2D eigenvalue weighted by Gasteiger charge is -2.31. The molecule has 1 aliphatic rings. The fourth-order valence-electron chi connectivity index (χ4n) is 1.74. The first-order valence-corrected chi connectivity index (χ1v) is 5.74. The van der Waals surface area contributed by atoms with E-state index in [0.717, 1.165) is 13.1 Å². The molecule has 2 heterocycles. The van der Waals surface area contributed by atoms with Crippen molar-refractivity contribution >= 4 is 5.96 Å². The molecule has 0 saturated carbocycles. The molecule has 1 aliphatic heterocycles. The third-order valence-electron chi connectivity index (χ3n) is 2.63. The minimum atomic E-state index is 0.216. The van der Waals surface area contributed by atoms with E-state index in [1.165, 1.54) is 6.33 Å². The Morgan fingerprint density at radius 1 is 1.65 bits per heavy atom. The summed E-state index contributed by atoms with van der Waals surface area (Å²) in [6.07, 6.45) is 3.40. The van der Waals surface area contributed by atoms with Crippen LogP contribution < -0.4 is 5.73 Å². The molecule has 1 aromatic rings. The predicted molar refractivity (Wildman–Crippen MR) is 63.5 cm³/mol. The third-order valence-corrected chi connectivity index (χ3v) is 2.63. The highest BCUT2D eigenvalue weighted by Gasteiger charge is 2.17. The van der Waals surface area contributed by atoms with Gasteiger partial charge >= 0.3 is 0 Å². The first kappa shape index (κ1) is 11.8. The van der Waals surface area contributed by atoms with Crippen LogP contribution in [-0.2, 0) is 11.3 Å². The maximum absolute atomic E-state index is 5.93. The average Bonchev–Trinajstić information content (AvgIpc) is 2.82. The normalized spacial score (nSPS) is 21.8. The molecule has 1 aromatic heterocycles. The van der Waals surface area contributed by atoms with Crippen LogP contribution in [0.1, 0.15) is 6.92 Å². The maximum Gasteiger partial charge on any atom is 0.191 e. The van der Waals surface area contributed by atoms with E-state index in [9.17, 15) is 0 Å². The number of nitrogens with two attached hydrogens (primary N) is 1. The zero-order valence-corrected chi connectivity index (χ0v) is 9.99. The number of morpholine rings is 1. The Balaban J connectivity index is 1.80. The highest BCUT2D eigenvalue weighted by atomic mass is 16.5. The van der Waals surface area contributed by atoms with Crippen LogP contribution in [0.15, 0.2) is 17.6 Å². The van der Waals surface area contributed by atoms with Crippen LogP contribution in [0.2, 0.25) is 0 Å². The number of rotatable bonds is 3. The summed E-state index contributed by atoms with van der Waals surface area (Å²) in [5.41, 5.74) is 5.93. The van der Waals surface area contributed by atoms with Gasteiger partial charge in [0, 0.05) is 13.1 Å². The highest BCUT2D eigenvalue weighted by Crippen LogP contribution is 2.03. The number of aliphatic imine (C=N–C) groups is 1. The van der Waals surface area contributed by atoms with Crippen molar-refractivity contribution in [3.8, 4) is 0 Å². The Labute approximate surface area is 100 Å².